The van der Waals surface area contributed by atoms with Gasteiger partial charge in [0.1, 0.15) is 12.2 Å². The lowest BCUT2D eigenvalue weighted by atomic mass is 9.99. The molecular formula is C23H32O6. The van der Waals surface area contributed by atoms with Crippen LogP contribution in [0, 0.1) is 12.8 Å². The molecule has 0 radical (unpaired) electrons. The Balaban J connectivity index is 2.13. The van der Waals surface area contributed by atoms with E-state index < -0.39 is 30.1 Å². The Morgan fingerprint density at radius 1 is 1.21 bits per heavy atom. The molecule has 1 unspecified atom stereocenters. The number of aryl methyl sites for hydroxylation is 1. The van der Waals surface area contributed by atoms with Crippen molar-refractivity contribution in [2.24, 2.45) is 5.92 Å². The molecule has 0 saturated carbocycles. The number of carboxylic acids is 1. The Morgan fingerprint density at radius 3 is 2.52 bits per heavy atom. The quantitative estimate of drug-likeness (QED) is 0.574. The summed E-state index contributed by atoms with van der Waals surface area (Å²) in [5.74, 6) is -1.88. The van der Waals surface area contributed by atoms with Gasteiger partial charge in [0.25, 0.3) is 0 Å². The van der Waals surface area contributed by atoms with Crippen LogP contribution in [0.4, 0.5) is 0 Å². The Bertz CT molecular complexity index is 765. The number of aliphatic hydroxyl groups is 2. The van der Waals surface area contributed by atoms with E-state index in [-0.39, 0.29) is 17.6 Å². The number of aliphatic hydroxyl groups excluding tert-OH is 2. The molecule has 1 aliphatic heterocycles. The molecule has 6 nitrogen and oxygen atoms in total. The van der Waals surface area contributed by atoms with Crippen molar-refractivity contribution in [3.8, 4) is 0 Å². The zero-order valence-electron chi connectivity index (χ0n) is 17.7. The normalized spacial score (nSPS) is 24.8. The van der Waals surface area contributed by atoms with Crippen molar-refractivity contribution in [2.75, 3.05) is 0 Å². The minimum Gasteiger partial charge on any atom is -0.478 e. The van der Waals surface area contributed by atoms with Crippen LogP contribution in [0.2, 0.25) is 0 Å². The summed E-state index contributed by atoms with van der Waals surface area (Å²) < 4.78 is 11.8. The molecule has 1 aromatic rings. The third-order valence-corrected chi connectivity index (χ3v) is 5.12. The summed E-state index contributed by atoms with van der Waals surface area (Å²) in [5, 5.41) is 29.6. The van der Waals surface area contributed by atoms with Crippen LogP contribution in [0.3, 0.4) is 0 Å². The van der Waals surface area contributed by atoms with Crippen molar-refractivity contribution < 1.29 is 29.6 Å². The van der Waals surface area contributed by atoms with Crippen LogP contribution >= 0.6 is 0 Å². The van der Waals surface area contributed by atoms with E-state index >= 15 is 0 Å². The smallest absolute Gasteiger partial charge is 0.336 e. The maximum absolute atomic E-state index is 11.5. The highest BCUT2D eigenvalue weighted by molar-refractivity contribution is 5.93. The maximum Gasteiger partial charge on any atom is 0.336 e. The van der Waals surface area contributed by atoms with Gasteiger partial charge >= 0.3 is 5.97 Å². The second kappa shape index (κ2) is 9.67. The zero-order valence-corrected chi connectivity index (χ0v) is 17.7. The highest BCUT2D eigenvalue weighted by Gasteiger charge is 2.43. The topological polar surface area (TPSA) is 96.2 Å². The van der Waals surface area contributed by atoms with Gasteiger partial charge in [0.2, 0.25) is 0 Å². The molecule has 5 atom stereocenters. The average Bonchev–Trinajstić information content (AvgIpc) is 2.93. The molecule has 1 fully saturated rings. The molecule has 160 valence electrons. The average molecular weight is 405 g/mol. The number of hydrogen-bond donors (Lipinski definition) is 3. The van der Waals surface area contributed by atoms with Crippen molar-refractivity contribution in [1.29, 1.82) is 0 Å². The first-order valence-corrected chi connectivity index (χ1v) is 9.91. The molecule has 0 spiro atoms. The number of aromatic carboxylic acids is 1. The number of carbonyl (C=O) groups is 1. The van der Waals surface area contributed by atoms with Crippen LogP contribution in [0.1, 0.15) is 55.6 Å². The van der Waals surface area contributed by atoms with Crippen LogP contribution < -0.4 is 0 Å². The summed E-state index contributed by atoms with van der Waals surface area (Å²) in [4.78, 5) is 11.5. The third-order valence-electron chi connectivity index (χ3n) is 5.12. The molecule has 0 aliphatic carbocycles. The maximum atomic E-state index is 11.5. The van der Waals surface area contributed by atoms with Crippen LogP contribution in [-0.4, -0.2) is 51.5 Å². The molecule has 6 heteroatoms. The predicted octanol–water partition coefficient (Wildman–Crippen LogP) is 3.55. The first kappa shape index (κ1) is 23.3. The third kappa shape index (κ3) is 6.24. The van der Waals surface area contributed by atoms with E-state index in [9.17, 15) is 20.1 Å². The Morgan fingerprint density at radius 2 is 1.90 bits per heavy atom. The van der Waals surface area contributed by atoms with Gasteiger partial charge in [-0.2, -0.15) is 0 Å². The Kier molecular flexibility index (Phi) is 7.77. The van der Waals surface area contributed by atoms with Gasteiger partial charge in [-0.1, -0.05) is 49.4 Å². The monoisotopic (exact) mass is 404 g/mol. The van der Waals surface area contributed by atoms with Crippen molar-refractivity contribution in [3.05, 3.63) is 53.1 Å². The minimum absolute atomic E-state index is 0.0888. The summed E-state index contributed by atoms with van der Waals surface area (Å²) in [5.41, 5.74) is 1.60. The molecule has 1 heterocycles. The molecule has 0 aromatic heterocycles. The molecule has 1 saturated heterocycles. The molecule has 2 rings (SSSR count). The number of benzene rings is 1. The number of hydrogen-bond acceptors (Lipinski definition) is 5. The van der Waals surface area contributed by atoms with Crippen LogP contribution in [-0.2, 0) is 9.47 Å². The molecule has 0 bridgehead atoms. The fourth-order valence-corrected chi connectivity index (χ4v) is 3.34. The van der Waals surface area contributed by atoms with E-state index in [2.05, 4.69) is 0 Å². The van der Waals surface area contributed by atoms with Gasteiger partial charge in [0.15, 0.2) is 5.79 Å². The summed E-state index contributed by atoms with van der Waals surface area (Å²) in [7, 11) is 0. The van der Waals surface area contributed by atoms with Gasteiger partial charge in [-0.25, -0.2) is 4.79 Å². The summed E-state index contributed by atoms with van der Waals surface area (Å²) >= 11 is 0. The van der Waals surface area contributed by atoms with Crippen LogP contribution in [0.5, 0.6) is 0 Å². The van der Waals surface area contributed by atoms with Gasteiger partial charge < -0.3 is 24.8 Å². The SMILES string of the molecule is Cc1cccc(/C=C/C[C@@H]2OC(C)(C)O[C@@H]2C(O)/C=C\[C@@H](C)[C@H](C)O)c1C(=O)O. The van der Waals surface area contributed by atoms with Crippen molar-refractivity contribution in [1.82, 2.24) is 0 Å². The molecular weight excluding hydrogens is 372 g/mol. The van der Waals surface area contributed by atoms with Crippen molar-refractivity contribution in [3.63, 3.8) is 0 Å². The van der Waals surface area contributed by atoms with E-state index in [4.69, 9.17) is 9.47 Å². The van der Waals surface area contributed by atoms with E-state index in [1.54, 1.807) is 58.1 Å². The predicted molar refractivity (Wildman–Crippen MR) is 112 cm³/mol. The molecule has 1 aromatic carbocycles. The largest absolute Gasteiger partial charge is 0.478 e. The van der Waals surface area contributed by atoms with E-state index in [0.717, 1.165) is 0 Å². The van der Waals surface area contributed by atoms with Gasteiger partial charge in [-0.3, -0.25) is 0 Å². The van der Waals surface area contributed by atoms with Crippen molar-refractivity contribution >= 4 is 12.0 Å². The number of carboxylic acid groups (broad SMARTS) is 1. The Hall–Kier alpha value is -1.99. The highest BCUT2D eigenvalue weighted by atomic mass is 16.8. The fraction of sp³-hybridized carbons (Fsp3) is 0.522. The first-order valence-electron chi connectivity index (χ1n) is 9.91. The van der Waals surface area contributed by atoms with E-state index in [0.29, 0.717) is 17.5 Å². The second-order valence-corrected chi connectivity index (χ2v) is 8.10. The first-order chi connectivity index (χ1) is 13.5. The van der Waals surface area contributed by atoms with Crippen LogP contribution in [0.25, 0.3) is 6.08 Å². The molecule has 1 aliphatic rings. The van der Waals surface area contributed by atoms with Gasteiger partial charge in [0, 0.05) is 0 Å². The zero-order chi connectivity index (χ0) is 21.8. The van der Waals surface area contributed by atoms with Gasteiger partial charge in [-0.15, -0.1) is 0 Å². The van der Waals surface area contributed by atoms with Crippen LogP contribution in [0.15, 0.2) is 36.4 Å². The lowest BCUT2D eigenvalue weighted by molar-refractivity contribution is -0.152. The summed E-state index contributed by atoms with van der Waals surface area (Å²) in [6, 6.07) is 5.35. The fourth-order valence-electron chi connectivity index (χ4n) is 3.34. The van der Waals surface area contributed by atoms with Crippen molar-refractivity contribution in [2.45, 2.75) is 71.2 Å². The summed E-state index contributed by atoms with van der Waals surface area (Å²) in [6.45, 7) is 8.92. The lowest BCUT2D eigenvalue weighted by Gasteiger charge is -2.20. The second-order valence-electron chi connectivity index (χ2n) is 8.10. The highest BCUT2D eigenvalue weighted by Crippen LogP contribution is 2.32. The molecule has 29 heavy (non-hydrogen) atoms. The lowest BCUT2D eigenvalue weighted by Crippen LogP contribution is -2.34. The minimum atomic E-state index is -0.963. The molecule has 0 amide bonds. The number of ether oxygens (including phenoxy) is 2. The van der Waals surface area contributed by atoms with Gasteiger partial charge in [0.05, 0.1) is 17.8 Å². The summed E-state index contributed by atoms with van der Waals surface area (Å²) in [6.07, 6.45) is 5.12. The molecule has 3 N–H and O–H groups in total. The van der Waals surface area contributed by atoms with E-state index in [1.165, 1.54) is 0 Å². The van der Waals surface area contributed by atoms with E-state index in [1.807, 2.05) is 19.1 Å². The van der Waals surface area contributed by atoms with Gasteiger partial charge in [-0.05, 0) is 51.2 Å². The number of rotatable bonds is 8. The standard InChI is InChI=1S/C23H32O6/c1-14(16(3)24)12-13-18(25)21-19(28-23(4,5)29-21)11-7-10-17-9-6-8-15(2)20(17)22(26)27/h6-10,12-14,16,18-19,21,24-25H,11H2,1-5H3,(H,26,27)/b10-7+,13-12-/t14-,16+,18?,19+,21-/m1/s1. The Labute approximate surface area is 172 Å².